The van der Waals surface area contributed by atoms with Crippen LogP contribution in [0.25, 0.3) is 0 Å². The summed E-state index contributed by atoms with van der Waals surface area (Å²) in [5.41, 5.74) is 1.02. The first kappa shape index (κ1) is 15.0. The third-order valence-corrected chi connectivity index (χ3v) is 3.99. The van der Waals surface area contributed by atoms with Crippen molar-refractivity contribution in [1.29, 1.82) is 0 Å². The number of rotatable bonds is 5. The summed E-state index contributed by atoms with van der Waals surface area (Å²) in [7, 11) is 0. The fourth-order valence-electron chi connectivity index (χ4n) is 1.74. The number of nitro benzene ring substituents is 2. The van der Waals surface area contributed by atoms with E-state index in [9.17, 15) is 20.2 Å². The van der Waals surface area contributed by atoms with Gasteiger partial charge in [0.2, 0.25) is 0 Å². The Labute approximate surface area is 123 Å². The van der Waals surface area contributed by atoms with E-state index in [0.29, 0.717) is 16.4 Å². The highest BCUT2D eigenvalue weighted by atomic mass is 32.2. The average Bonchev–Trinajstić information content (AvgIpc) is 2.75. The molecule has 110 valence electrons. The number of aryl methyl sites for hydroxylation is 2. The first-order valence-corrected chi connectivity index (χ1v) is 6.86. The molecule has 1 aromatic carbocycles. The summed E-state index contributed by atoms with van der Waals surface area (Å²) in [6.07, 6.45) is 0. The quantitative estimate of drug-likeness (QED) is 0.472. The van der Waals surface area contributed by atoms with E-state index in [1.165, 1.54) is 23.9 Å². The van der Waals surface area contributed by atoms with Crippen molar-refractivity contribution >= 4 is 23.1 Å². The molecule has 1 heterocycles. The number of benzene rings is 1. The van der Waals surface area contributed by atoms with Crippen molar-refractivity contribution in [1.82, 2.24) is 5.16 Å². The van der Waals surface area contributed by atoms with Crippen molar-refractivity contribution in [3.63, 3.8) is 0 Å². The minimum absolute atomic E-state index is 0.277. The van der Waals surface area contributed by atoms with Crippen LogP contribution in [0.3, 0.4) is 0 Å². The lowest BCUT2D eigenvalue weighted by molar-refractivity contribution is -0.396. The fraction of sp³-hybridized carbons (Fsp3) is 0.250. The van der Waals surface area contributed by atoms with Crippen molar-refractivity contribution < 1.29 is 14.4 Å². The molecular weight excluding hydrogens is 298 g/mol. The normalized spacial score (nSPS) is 10.6. The van der Waals surface area contributed by atoms with Gasteiger partial charge >= 0.3 is 0 Å². The van der Waals surface area contributed by atoms with Crippen LogP contribution in [0.15, 0.2) is 27.6 Å². The first-order valence-electron chi connectivity index (χ1n) is 5.87. The average molecular weight is 309 g/mol. The maximum atomic E-state index is 11.0. The van der Waals surface area contributed by atoms with Crippen LogP contribution in [0.5, 0.6) is 0 Å². The Bertz CT molecular complexity index is 693. The van der Waals surface area contributed by atoms with Gasteiger partial charge in [-0.1, -0.05) is 5.16 Å². The van der Waals surface area contributed by atoms with Crippen LogP contribution < -0.4 is 0 Å². The Hall–Kier alpha value is -2.42. The van der Waals surface area contributed by atoms with Crippen molar-refractivity contribution in [3.8, 4) is 0 Å². The Morgan fingerprint density at radius 1 is 1.24 bits per heavy atom. The molecule has 0 spiro atoms. The van der Waals surface area contributed by atoms with E-state index < -0.39 is 9.85 Å². The molecule has 0 N–H and O–H groups in total. The second-order valence-electron chi connectivity index (χ2n) is 4.26. The summed E-state index contributed by atoms with van der Waals surface area (Å²) >= 11 is 1.22. The maximum Gasteiger partial charge on any atom is 0.289 e. The molecule has 2 rings (SSSR count). The van der Waals surface area contributed by atoms with Crippen molar-refractivity contribution in [3.05, 3.63) is 55.4 Å². The minimum Gasteiger partial charge on any atom is -0.361 e. The minimum atomic E-state index is -0.657. The van der Waals surface area contributed by atoms with Crippen molar-refractivity contribution in [2.45, 2.75) is 24.5 Å². The maximum absolute atomic E-state index is 11.0. The number of non-ortho nitro benzene ring substituents is 1. The van der Waals surface area contributed by atoms with Crippen LogP contribution in [0.2, 0.25) is 0 Å². The molecule has 0 atom stereocenters. The molecule has 0 radical (unpaired) electrons. The molecule has 0 aliphatic heterocycles. The molecule has 0 amide bonds. The van der Waals surface area contributed by atoms with Crippen LogP contribution >= 0.6 is 11.8 Å². The summed E-state index contributed by atoms with van der Waals surface area (Å²) in [5, 5.41) is 25.5. The zero-order chi connectivity index (χ0) is 15.6. The lowest BCUT2D eigenvalue weighted by atomic mass is 10.2. The Balaban J connectivity index is 2.28. The third-order valence-electron chi connectivity index (χ3n) is 2.90. The predicted molar refractivity (Wildman–Crippen MR) is 75.3 cm³/mol. The van der Waals surface area contributed by atoms with Gasteiger partial charge in [0.25, 0.3) is 11.4 Å². The van der Waals surface area contributed by atoms with Gasteiger partial charge < -0.3 is 4.52 Å². The van der Waals surface area contributed by atoms with Crippen LogP contribution in [0.1, 0.15) is 17.0 Å². The molecule has 9 heteroatoms. The second-order valence-corrected chi connectivity index (χ2v) is 5.27. The lowest BCUT2D eigenvalue weighted by Crippen LogP contribution is -1.95. The molecule has 0 fully saturated rings. The largest absolute Gasteiger partial charge is 0.361 e. The molecule has 1 aromatic heterocycles. The smallest absolute Gasteiger partial charge is 0.289 e. The van der Waals surface area contributed by atoms with Gasteiger partial charge in [-0.3, -0.25) is 20.2 Å². The van der Waals surface area contributed by atoms with E-state index in [1.54, 1.807) is 13.8 Å². The Morgan fingerprint density at radius 2 is 1.95 bits per heavy atom. The number of nitro groups is 2. The van der Waals surface area contributed by atoms with E-state index in [-0.39, 0.29) is 11.4 Å². The summed E-state index contributed by atoms with van der Waals surface area (Å²) < 4.78 is 5.03. The van der Waals surface area contributed by atoms with Gasteiger partial charge in [-0.25, -0.2) is 0 Å². The third kappa shape index (κ3) is 3.19. The summed E-state index contributed by atoms with van der Waals surface area (Å²) in [5.74, 6) is 1.10. The van der Waals surface area contributed by atoms with E-state index in [0.717, 1.165) is 17.3 Å². The van der Waals surface area contributed by atoms with E-state index in [1.807, 2.05) is 0 Å². The zero-order valence-electron chi connectivity index (χ0n) is 11.2. The summed E-state index contributed by atoms with van der Waals surface area (Å²) in [6, 6.07) is 3.61. The topological polar surface area (TPSA) is 112 Å². The second kappa shape index (κ2) is 5.92. The summed E-state index contributed by atoms with van der Waals surface area (Å²) in [6.45, 7) is 3.55. The molecule has 2 aromatic rings. The highest BCUT2D eigenvalue weighted by Gasteiger charge is 2.20. The molecule has 21 heavy (non-hydrogen) atoms. The number of aromatic nitrogens is 1. The molecule has 0 bridgehead atoms. The molecule has 0 saturated carbocycles. The number of nitrogens with zero attached hydrogens (tertiary/aromatic N) is 3. The lowest BCUT2D eigenvalue weighted by Gasteiger charge is -2.03. The highest BCUT2D eigenvalue weighted by Crippen LogP contribution is 2.35. The monoisotopic (exact) mass is 309 g/mol. The SMILES string of the molecule is Cc1noc(C)c1CSc1ccc([N+](=O)[O-])cc1[N+](=O)[O-]. The number of thioether (sulfide) groups is 1. The van der Waals surface area contributed by atoms with Crippen molar-refractivity contribution in [2.24, 2.45) is 0 Å². The van der Waals surface area contributed by atoms with E-state index in [4.69, 9.17) is 4.52 Å². The zero-order valence-corrected chi connectivity index (χ0v) is 12.0. The van der Waals surface area contributed by atoms with Gasteiger partial charge in [0.15, 0.2) is 0 Å². The van der Waals surface area contributed by atoms with E-state index in [2.05, 4.69) is 5.16 Å². The first-order chi connectivity index (χ1) is 9.90. The highest BCUT2D eigenvalue weighted by molar-refractivity contribution is 7.98. The van der Waals surface area contributed by atoms with Gasteiger partial charge in [0, 0.05) is 17.4 Å². The standard InChI is InChI=1S/C12H11N3O5S/c1-7-10(8(2)20-13-7)6-21-12-4-3-9(14(16)17)5-11(12)15(18)19/h3-5H,6H2,1-2H3. The van der Waals surface area contributed by atoms with Gasteiger partial charge in [-0.05, 0) is 19.9 Å². The number of hydrogen-bond donors (Lipinski definition) is 0. The Morgan fingerprint density at radius 3 is 2.48 bits per heavy atom. The Kier molecular flexibility index (Phi) is 4.22. The van der Waals surface area contributed by atoms with Crippen LogP contribution in [0, 0.1) is 34.1 Å². The van der Waals surface area contributed by atoms with Gasteiger partial charge in [0.1, 0.15) is 5.76 Å². The van der Waals surface area contributed by atoms with Crippen LogP contribution in [0.4, 0.5) is 11.4 Å². The van der Waals surface area contributed by atoms with Crippen molar-refractivity contribution in [2.75, 3.05) is 0 Å². The molecule has 0 aliphatic rings. The molecular formula is C12H11N3O5S. The molecule has 0 aliphatic carbocycles. The van der Waals surface area contributed by atoms with Crippen LogP contribution in [-0.4, -0.2) is 15.0 Å². The van der Waals surface area contributed by atoms with Gasteiger partial charge in [-0.15, -0.1) is 11.8 Å². The van der Waals surface area contributed by atoms with E-state index >= 15 is 0 Å². The van der Waals surface area contributed by atoms with Crippen LogP contribution in [-0.2, 0) is 5.75 Å². The number of hydrogen-bond acceptors (Lipinski definition) is 7. The molecule has 0 saturated heterocycles. The van der Waals surface area contributed by atoms with Gasteiger partial charge in [0.05, 0.1) is 26.5 Å². The van der Waals surface area contributed by atoms with Gasteiger partial charge in [-0.2, -0.15) is 0 Å². The summed E-state index contributed by atoms with van der Waals surface area (Å²) in [4.78, 5) is 20.8. The predicted octanol–water partition coefficient (Wildman–Crippen LogP) is 3.40. The molecule has 8 nitrogen and oxygen atoms in total. The fourth-order valence-corrected chi connectivity index (χ4v) is 2.90. The molecule has 0 unspecified atom stereocenters.